The first-order chi connectivity index (χ1) is 8.36. The average molecular weight is 246 g/mol. The molecule has 2 nitrogen and oxygen atoms in total. The first-order valence-corrected chi connectivity index (χ1v) is 7.52. The number of rotatable bonds is 2. The second kappa shape index (κ2) is 4.73. The number of aryl methyl sites for hydroxylation is 1. The monoisotopic (exact) mass is 246 g/mol. The van der Waals surface area contributed by atoms with Gasteiger partial charge in [0.2, 0.25) is 0 Å². The molecule has 1 saturated heterocycles. The minimum absolute atomic E-state index is 0.584. The second-order valence-electron chi connectivity index (χ2n) is 4.68. The van der Waals surface area contributed by atoms with Gasteiger partial charge in [-0.15, -0.1) is 0 Å². The number of hydrogen-bond acceptors (Lipinski definition) is 2. The number of nitrogens with one attached hydrogen (secondary N) is 1. The fourth-order valence-corrected chi connectivity index (χ4v) is 3.66. The van der Waals surface area contributed by atoms with E-state index in [0.29, 0.717) is 5.25 Å². The van der Waals surface area contributed by atoms with Gasteiger partial charge in [-0.25, -0.2) is 4.98 Å². The lowest BCUT2D eigenvalue weighted by Crippen LogP contribution is -2.03. The first-order valence-electron chi connectivity index (χ1n) is 6.47. The number of aromatic amines is 1. The summed E-state index contributed by atoms with van der Waals surface area (Å²) in [5, 5.41) is 0.584. The number of aromatic nitrogens is 2. The quantitative estimate of drug-likeness (QED) is 0.864. The molecule has 2 heterocycles. The molecule has 90 valence electrons. The third kappa shape index (κ3) is 2.21. The molecule has 17 heavy (non-hydrogen) atoms. The van der Waals surface area contributed by atoms with Gasteiger partial charge in [0.25, 0.3) is 0 Å². The van der Waals surface area contributed by atoms with E-state index in [2.05, 4.69) is 30.1 Å². The molecule has 0 aliphatic carbocycles. The molecule has 0 saturated carbocycles. The van der Waals surface area contributed by atoms with Crippen molar-refractivity contribution in [3.63, 3.8) is 0 Å². The van der Waals surface area contributed by atoms with E-state index in [9.17, 15) is 0 Å². The highest BCUT2D eigenvalue weighted by Crippen LogP contribution is 2.37. The molecular weight excluding hydrogens is 228 g/mol. The summed E-state index contributed by atoms with van der Waals surface area (Å²) in [6, 6.07) is 6.56. The Kier molecular flexibility index (Phi) is 3.10. The van der Waals surface area contributed by atoms with Gasteiger partial charge in [-0.2, -0.15) is 11.8 Å². The van der Waals surface area contributed by atoms with Crippen LogP contribution in [0.3, 0.4) is 0 Å². The predicted octanol–water partition coefficient (Wildman–Crippen LogP) is 4.08. The number of thioether (sulfide) groups is 1. The van der Waals surface area contributed by atoms with Gasteiger partial charge in [0.15, 0.2) is 0 Å². The molecule has 1 aromatic heterocycles. The minimum Gasteiger partial charge on any atom is -0.341 e. The van der Waals surface area contributed by atoms with E-state index in [1.54, 1.807) is 0 Å². The van der Waals surface area contributed by atoms with Crippen LogP contribution in [-0.4, -0.2) is 15.7 Å². The van der Waals surface area contributed by atoms with Crippen molar-refractivity contribution in [1.29, 1.82) is 0 Å². The molecule has 1 aromatic carbocycles. The summed E-state index contributed by atoms with van der Waals surface area (Å²) in [7, 11) is 0. The van der Waals surface area contributed by atoms with Crippen molar-refractivity contribution in [3.8, 4) is 0 Å². The summed E-state index contributed by atoms with van der Waals surface area (Å²) < 4.78 is 0. The maximum atomic E-state index is 4.74. The Hall–Kier alpha value is -0.960. The molecule has 1 aliphatic heterocycles. The molecule has 1 atom stereocenters. The fraction of sp³-hybridized carbons (Fsp3) is 0.500. The van der Waals surface area contributed by atoms with Gasteiger partial charge in [-0.3, -0.25) is 0 Å². The van der Waals surface area contributed by atoms with Crippen LogP contribution < -0.4 is 0 Å². The van der Waals surface area contributed by atoms with Crippen LogP contribution in [0.25, 0.3) is 11.0 Å². The Labute approximate surface area is 106 Å². The Morgan fingerprint density at radius 2 is 2.35 bits per heavy atom. The van der Waals surface area contributed by atoms with Crippen molar-refractivity contribution in [2.45, 2.75) is 37.9 Å². The SMILES string of the molecule is CCc1ccc2nc(C3CCCCS3)[nH]c2c1. The largest absolute Gasteiger partial charge is 0.341 e. The summed E-state index contributed by atoms with van der Waals surface area (Å²) >= 11 is 2.05. The Balaban J connectivity index is 1.95. The zero-order valence-electron chi connectivity index (χ0n) is 10.2. The van der Waals surface area contributed by atoms with E-state index in [0.717, 1.165) is 11.9 Å². The van der Waals surface area contributed by atoms with Crippen molar-refractivity contribution in [3.05, 3.63) is 29.6 Å². The van der Waals surface area contributed by atoms with Gasteiger partial charge in [0.05, 0.1) is 16.3 Å². The maximum Gasteiger partial charge on any atom is 0.120 e. The molecule has 1 N–H and O–H groups in total. The molecule has 0 spiro atoms. The molecule has 3 heteroatoms. The number of hydrogen-bond donors (Lipinski definition) is 1. The fourth-order valence-electron chi connectivity index (χ4n) is 2.41. The lowest BCUT2D eigenvalue weighted by molar-refractivity contribution is 0.668. The van der Waals surface area contributed by atoms with Gasteiger partial charge in [0, 0.05) is 0 Å². The zero-order chi connectivity index (χ0) is 11.7. The maximum absolute atomic E-state index is 4.74. The molecular formula is C14H18N2S. The zero-order valence-corrected chi connectivity index (χ0v) is 11.0. The van der Waals surface area contributed by atoms with E-state index in [1.165, 1.54) is 41.9 Å². The van der Waals surface area contributed by atoms with Gasteiger partial charge in [-0.05, 0) is 42.7 Å². The Morgan fingerprint density at radius 1 is 1.41 bits per heavy atom. The van der Waals surface area contributed by atoms with Gasteiger partial charge in [0.1, 0.15) is 5.82 Å². The van der Waals surface area contributed by atoms with Crippen LogP contribution in [0.15, 0.2) is 18.2 Å². The van der Waals surface area contributed by atoms with Crippen LogP contribution in [-0.2, 0) is 6.42 Å². The van der Waals surface area contributed by atoms with E-state index in [1.807, 2.05) is 11.8 Å². The average Bonchev–Trinajstić information content (AvgIpc) is 2.82. The number of benzene rings is 1. The van der Waals surface area contributed by atoms with Gasteiger partial charge in [-0.1, -0.05) is 19.4 Å². The van der Waals surface area contributed by atoms with Gasteiger partial charge >= 0.3 is 0 Å². The third-order valence-electron chi connectivity index (χ3n) is 3.46. The van der Waals surface area contributed by atoms with Crippen LogP contribution in [0, 0.1) is 0 Å². The van der Waals surface area contributed by atoms with Gasteiger partial charge < -0.3 is 4.98 Å². The minimum atomic E-state index is 0.584. The molecule has 0 radical (unpaired) electrons. The van der Waals surface area contributed by atoms with Crippen molar-refractivity contribution in [1.82, 2.24) is 9.97 Å². The standard InChI is InChI=1S/C14H18N2S/c1-2-10-6-7-11-12(9-10)16-14(15-11)13-5-3-4-8-17-13/h6-7,9,13H,2-5,8H2,1H3,(H,15,16). The van der Waals surface area contributed by atoms with Crippen LogP contribution in [0.1, 0.15) is 42.8 Å². The van der Waals surface area contributed by atoms with Crippen LogP contribution >= 0.6 is 11.8 Å². The summed E-state index contributed by atoms with van der Waals surface area (Å²) in [6.45, 7) is 2.19. The molecule has 1 aliphatic rings. The van der Waals surface area contributed by atoms with Crippen molar-refractivity contribution in [2.24, 2.45) is 0 Å². The van der Waals surface area contributed by atoms with E-state index in [4.69, 9.17) is 4.98 Å². The number of nitrogens with zero attached hydrogens (tertiary/aromatic N) is 1. The van der Waals surface area contributed by atoms with E-state index >= 15 is 0 Å². The van der Waals surface area contributed by atoms with Crippen LogP contribution in [0.4, 0.5) is 0 Å². The highest BCUT2D eigenvalue weighted by molar-refractivity contribution is 7.99. The molecule has 0 amide bonds. The predicted molar refractivity (Wildman–Crippen MR) is 74.5 cm³/mol. The number of H-pyrrole nitrogens is 1. The smallest absolute Gasteiger partial charge is 0.120 e. The molecule has 1 unspecified atom stereocenters. The molecule has 3 rings (SSSR count). The highest BCUT2D eigenvalue weighted by Gasteiger charge is 2.19. The third-order valence-corrected chi connectivity index (χ3v) is 4.84. The van der Waals surface area contributed by atoms with Crippen molar-refractivity contribution >= 4 is 22.8 Å². The number of fused-ring (bicyclic) bond motifs is 1. The Morgan fingerprint density at radius 3 is 3.12 bits per heavy atom. The summed E-state index contributed by atoms with van der Waals surface area (Å²) in [4.78, 5) is 8.24. The van der Waals surface area contributed by atoms with Crippen LogP contribution in [0.2, 0.25) is 0 Å². The molecule has 1 fully saturated rings. The lowest BCUT2D eigenvalue weighted by atomic mass is 10.1. The topological polar surface area (TPSA) is 28.7 Å². The van der Waals surface area contributed by atoms with Crippen LogP contribution in [0.5, 0.6) is 0 Å². The van der Waals surface area contributed by atoms with Crippen molar-refractivity contribution < 1.29 is 0 Å². The molecule has 2 aromatic rings. The lowest BCUT2D eigenvalue weighted by Gasteiger charge is -2.18. The number of imidazole rings is 1. The molecule has 0 bridgehead atoms. The summed E-state index contributed by atoms with van der Waals surface area (Å²) in [6.07, 6.45) is 5.06. The highest BCUT2D eigenvalue weighted by atomic mass is 32.2. The van der Waals surface area contributed by atoms with E-state index in [-0.39, 0.29) is 0 Å². The summed E-state index contributed by atoms with van der Waals surface area (Å²) in [5.41, 5.74) is 3.69. The first kappa shape index (κ1) is 11.1. The normalized spacial score (nSPS) is 20.9. The Bertz CT molecular complexity index is 512. The summed E-state index contributed by atoms with van der Waals surface area (Å²) in [5.74, 6) is 2.46. The van der Waals surface area contributed by atoms with Crippen molar-refractivity contribution in [2.75, 3.05) is 5.75 Å². The van der Waals surface area contributed by atoms with E-state index < -0.39 is 0 Å². The second-order valence-corrected chi connectivity index (χ2v) is 5.99.